The molecule has 0 saturated carbocycles. The van der Waals surface area contributed by atoms with Crippen molar-refractivity contribution in [3.63, 3.8) is 0 Å². The Labute approximate surface area is 138 Å². The molecule has 0 saturated heterocycles. The number of carbonyl (C=O) groups is 1. The molecule has 9 heteroatoms. The Morgan fingerprint density at radius 2 is 1.67 bits per heavy atom. The van der Waals surface area contributed by atoms with Crippen LogP contribution in [-0.2, 0) is 4.79 Å². The SMILES string of the molecule is O=C([O-])[C@H]([O-])[C@@H]([O-])[C@H](O)[C@H](O)CO.[Ca+2].[Na+]. The van der Waals surface area contributed by atoms with Crippen molar-refractivity contribution in [3.8, 4) is 0 Å². The van der Waals surface area contributed by atoms with Crippen LogP contribution in [0.2, 0.25) is 0 Å². The molecular weight excluding hydrogens is 247 g/mol. The molecule has 0 aliphatic heterocycles. The number of hydrogen-bond donors (Lipinski definition) is 3. The molecule has 0 aliphatic rings. The smallest absolute Gasteiger partial charge is 0.851 e. The largest absolute Gasteiger partial charge is 2.00 e. The minimum atomic E-state index is -2.67. The zero-order valence-electron chi connectivity index (χ0n) is 8.20. The van der Waals surface area contributed by atoms with E-state index in [0.29, 0.717) is 0 Å². The summed E-state index contributed by atoms with van der Waals surface area (Å²) in [5.74, 6) is -2.15. The van der Waals surface area contributed by atoms with E-state index in [4.69, 9.17) is 15.3 Å². The van der Waals surface area contributed by atoms with Crippen molar-refractivity contribution in [2.24, 2.45) is 0 Å². The van der Waals surface area contributed by atoms with Gasteiger partial charge >= 0.3 is 67.3 Å². The number of hydrogen-bond acceptors (Lipinski definition) is 7. The molecule has 4 atom stereocenters. The molecule has 0 radical (unpaired) electrons. The van der Waals surface area contributed by atoms with Crippen LogP contribution in [0.1, 0.15) is 0 Å². The number of carboxylic acid groups (broad SMARTS) is 1. The first-order valence-electron chi connectivity index (χ1n) is 3.41. The van der Waals surface area contributed by atoms with Gasteiger partial charge in [-0.05, 0) is 0 Å². The predicted molar refractivity (Wildman–Crippen MR) is 37.4 cm³/mol. The van der Waals surface area contributed by atoms with Crippen molar-refractivity contribution >= 4 is 43.7 Å². The minimum absolute atomic E-state index is 0. The van der Waals surface area contributed by atoms with Crippen LogP contribution in [-0.4, -0.2) is 90.0 Å². The van der Waals surface area contributed by atoms with Gasteiger partial charge < -0.3 is 35.4 Å². The molecule has 0 heterocycles. The second-order valence-electron chi connectivity index (χ2n) is 2.44. The van der Waals surface area contributed by atoms with Crippen molar-refractivity contribution in [3.05, 3.63) is 0 Å². The van der Waals surface area contributed by atoms with Crippen LogP contribution in [0.25, 0.3) is 0 Å². The average Bonchev–Trinajstić information content (AvgIpc) is 2.12. The molecule has 0 rings (SSSR count). The number of aliphatic hydroxyl groups is 3. The molecule has 0 amide bonds. The zero-order chi connectivity index (χ0) is 10.6. The van der Waals surface area contributed by atoms with E-state index in [2.05, 4.69) is 0 Å². The zero-order valence-corrected chi connectivity index (χ0v) is 12.4. The van der Waals surface area contributed by atoms with Crippen LogP contribution >= 0.6 is 0 Å². The third kappa shape index (κ3) is 7.45. The Hall–Kier alpha value is 1.53. The summed E-state index contributed by atoms with van der Waals surface area (Å²) in [6.45, 7) is -0.931. The fourth-order valence-corrected chi connectivity index (χ4v) is 0.640. The van der Waals surface area contributed by atoms with Crippen molar-refractivity contribution in [2.75, 3.05) is 6.61 Å². The predicted octanol–water partition coefficient (Wildman–Crippen LogP) is -9.47. The first-order chi connectivity index (χ1) is 5.91. The van der Waals surface area contributed by atoms with Gasteiger partial charge in [0.05, 0.1) is 12.7 Å². The fourth-order valence-electron chi connectivity index (χ4n) is 0.640. The average molecular weight is 256 g/mol. The summed E-state index contributed by atoms with van der Waals surface area (Å²) < 4.78 is 0. The molecule has 0 aromatic heterocycles. The molecule has 0 spiro atoms. The van der Waals surface area contributed by atoms with Crippen molar-refractivity contribution in [1.82, 2.24) is 0 Å². The molecule has 15 heavy (non-hydrogen) atoms. The van der Waals surface area contributed by atoms with Gasteiger partial charge in [0, 0.05) is 5.97 Å². The topological polar surface area (TPSA) is 147 Å². The first-order valence-corrected chi connectivity index (χ1v) is 3.41. The summed E-state index contributed by atoms with van der Waals surface area (Å²) in [6.07, 6.45) is -9.08. The Morgan fingerprint density at radius 1 is 1.27 bits per heavy atom. The van der Waals surface area contributed by atoms with Gasteiger partial charge in [-0.2, -0.15) is 0 Å². The van der Waals surface area contributed by atoms with Crippen LogP contribution in [0.15, 0.2) is 0 Å². The number of carboxylic acids is 1. The molecule has 0 aromatic carbocycles. The van der Waals surface area contributed by atoms with Crippen molar-refractivity contribution in [1.29, 1.82) is 0 Å². The van der Waals surface area contributed by atoms with E-state index in [0.717, 1.165) is 0 Å². The quantitative estimate of drug-likeness (QED) is 0.414. The third-order valence-corrected chi connectivity index (χ3v) is 1.45. The maximum Gasteiger partial charge on any atom is 2.00 e. The summed E-state index contributed by atoms with van der Waals surface area (Å²) in [7, 11) is 0. The van der Waals surface area contributed by atoms with Crippen LogP contribution in [0, 0.1) is 0 Å². The number of carbonyl (C=O) groups excluding carboxylic acids is 1. The number of rotatable bonds is 5. The summed E-state index contributed by atoms with van der Waals surface area (Å²) in [6, 6.07) is 0. The van der Waals surface area contributed by atoms with Crippen LogP contribution in [0.4, 0.5) is 0 Å². The summed E-state index contributed by atoms with van der Waals surface area (Å²) in [5.41, 5.74) is 0. The van der Waals surface area contributed by atoms with Gasteiger partial charge in [-0.25, -0.2) is 0 Å². The van der Waals surface area contributed by atoms with Gasteiger partial charge in [-0.3, -0.25) is 0 Å². The Balaban J connectivity index is -0.000000720. The van der Waals surface area contributed by atoms with E-state index in [1.54, 1.807) is 0 Å². The van der Waals surface area contributed by atoms with Crippen LogP contribution in [0.3, 0.4) is 0 Å². The summed E-state index contributed by atoms with van der Waals surface area (Å²) in [5, 5.41) is 56.8. The second-order valence-corrected chi connectivity index (χ2v) is 2.44. The molecule has 7 nitrogen and oxygen atoms in total. The van der Waals surface area contributed by atoms with E-state index >= 15 is 0 Å². The Morgan fingerprint density at radius 3 is 1.93 bits per heavy atom. The molecule has 0 unspecified atom stereocenters. The van der Waals surface area contributed by atoms with E-state index in [-0.39, 0.29) is 67.3 Å². The van der Waals surface area contributed by atoms with Gasteiger partial charge in [0.2, 0.25) is 0 Å². The molecule has 0 bridgehead atoms. The molecular formula is C6H9CaNaO7. The summed E-state index contributed by atoms with van der Waals surface area (Å²) in [4.78, 5) is 9.88. The molecule has 78 valence electrons. The Bertz CT molecular complexity index is 181. The normalized spacial score (nSPS) is 17.7. The van der Waals surface area contributed by atoms with Gasteiger partial charge in [0.25, 0.3) is 0 Å². The van der Waals surface area contributed by atoms with Gasteiger partial charge in [-0.1, -0.05) is 6.10 Å². The number of aliphatic hydroxyl groups excluding tert-OH is 3. The maximum atomic E-state index is 10.7. The van der Waals surface area contributed by atoms with Gasteiger partial charge in [0.1, 0.15) is 6.10 Å². The summed E-state index contributed by atoms with van der Waals surface area (Å²) >= 11 is 0. The monoisotopic (exact) mass is 256 g/mol. The molecule has 0 fully saturated rings. The van der Waals surface area contributed by atoms with E-state index in [1.807, 2.05) is 0 Å². The Kier molecular flexibility index (Phi) is 15.5. The van der Waals surface area contributed by atoms with Crippen molar-refractivity contribution in [2.45, 2.75) is 24.4 Å². The molecule has 0 aromatic rings. The molecule has 0 aliphatic carbocycles. The standard InChI is InChI=1S/C6H10O7.Ca.Na/c7-1-2(8)3(9)4(10)5(11)6(12)13;;/h2-5,7-9H,1H2,(H,12,13);;/q-2;+2;+1/p-1/t2-,3-,4+,5-;;/m1../s1. The van der Waals surface area contributed by atoms with Gasteiger partial charge in [0.15, 0.2) is 0 Å². The van der Waals surface area contributed by atoms with Crippen LogP contribution < -0.4 is 44.9 Å². The van der Waals surface area contributed by atoms with Crippen molar-refractivity contribution < 1.29 is 65.0 Å². The number of aliphatic carboxylic acids is 1. The minimum Gasteiger partial charge on any atom is -0.851 e. The fraction of sp³-hybridized carbons (Fsp3) is 0.833. The van der Waals surface area contributed by atoms with E-state index in [9.17, 15) is 20.1 Å². The third-order valence-electron chi connectivity index (χ3n) is 1.45. The van der Waals surface area contributed by atoms with E-state index in [1.165, 1.54) is 0 Å². The van der Waals surface area contributed by atoms with Gasteiger partial charge in [-0.15, -0.1) is 6.10 Å². The molecule has 3 N–H and O–H groups in total. The first kappa shape index (κ1) is 21.8. The van der Waals surface area contributed by atoms with E-state index < -0.39 is 37.0 Å². The van der Waals surface area contributed by atoms with Crippen LogP contribution in [0.5, 0.6) is 0 Å². The second kappa shape index (κ2) is 10.7. The maximum absolute atomic E-state index is 10.7.